The number of pyridine rings is 2. The lowest BCUT2D eigenvalue weighted by atomic mass is 10.0. The molecule has 0 radical (unpaired) electrons. The molecule has 3 heterocycles. The van der Waals surface area contributed by atoms with Crippen molar-refractivity contribution in [3.8, 4) is 11.3 Å². The molecule has 1 aliphatic heterocycles. The molecule has 1 N–H and O–H groups in total. The zero-order chi connectivity index (χ0) is 17.2. The topological polar surface area (TPSA) is 58.1 Å². The number of amides is 1. The lowest BCUT2D eigenvalue weighted by molar-refractivity contribution is 0.0711. The Morgan fingerprint density at radius 2 is 2.00 bits per heavy atom. The summed E-state index contributed by atoms with van der Waals surface area (Å²) in [5.74, 6) is 0.0668. The first-order chi connectivity index (χ1) is 12.2. The highest BCUT2D eigenvalue weighted by molar-refractivity contribution is 6.07. The first-order valence-corrected chi connectivity index (χ1v) is 8.55. The fraction of sp³-hybridized carbons (Fsp3) is 0.250. The zero-order valence-electron chi connectivity index (χ0n) is 15.0. The highest BCUT2D eigenvalue weighted by atomic mass is 35.5. The lowest BCUT2D eigenvalue weighted by Crippen LogP contribution is -2.51. The van der Waals surface area contributed by atoms with Crippen LogP contribution in [0.3, 0.4) is 0 Å². The Morgan fingerprint density at radius 3 is 2.74 bits per heavy atom. The van der Waals surface area contributed by atoms with Crippen molar-refractivity contribution in [3.05, 3.63) is 60.4 Å². The molecule has 1 atom stereocenters. The molecule has 0 aliphatic carbocycles. The van der Waals surface area contributed by atoms with Gasteiger partial charge in [0, 0.05) is 49.0 Å². The third-order valence-electron chi connectivity index (χ3n) is 4.56. The fourth-order valence-electron chi connectivity index (χ4n) is 3.30. The van der Waals surface area contributed by atoms with Crippen molar-refractivity contribution in [3.63, 3.8) is 0 Å². The molecule has 5 nitrogen and oxygen atoms in total. The average Bonchev–Trinajstić information content (AvgIpc) is 2.67. The van der Waals surface area contributed by atoms with Crippen LogP contribution in [0.25, 0.3) is 22.2 Å². The Balaban J connectivity index is 0.00000131. The molecule has 1 aromatic carbocycles. The van der Waals surface area contributed by atoms with Gasteiger partial charge in [-0.25, -0.2) is 4.98 Å². The third kappa shape index (κ3) is 4.38. The molecule has 1 aliphatic rings. The summed E-state index contributed by atoms with van der Waals surface area (Å²) in [6.07, 6.45) is 3.51. The van der Waals surface area contributed by atoms with Crippen molar-refractivity contribution in [1.82, 2.24) is 20.2 Å². The maximum Gasteiger partial charge on any atom is 0.254 e. The molecule has 3 aromatic rings. The van der Waals surface area contributed by atoms with Crippen molar-refractivity contribution in [1.29, 1.82) is 0 Å². The van der Waals surface area contributed by atoms with E-state index in [2.05, 4.69) is 17.2 Å². The number of aromatic nitrogens is 2. The highest BCUT2D eigenvalue weighted by Crippen LogP contribution is 2.25. The summed E-state index contributed by atoms with van der Waals surface area (Å²) in [5, 5.41) is 4.27. The summed E-state index contributed by atoms with van der Waals surface area (Å²) < 4.78 is 0. The molecular formula is C20H22Cl2N4O. The summed E-state index contributed by atoms with van der Waals surface area (Å²) in [6.45, 7) is 4.37. The van der Waals surface area contributed by atoms with Crippen LogP contribution in [0, 0.1) is 0 Å². The fourth-order valence-corrected chi connectivity index (χ4v) is 3.30. The standard InChI is InChI=1S/C20H20N4O.2ClH/c1-14-13-24(10-9-22-14)20(25)17-11-19(15-5-4-8-21-12-15)23-18-7-3-2-6-16(17)18;;/h2-8,11-12,14,22H,9-10,13H2,1H3;2*1H. The molecule has 1 fully saturated rings. The molecular weight excluding hydrogens is 383 g/mol. The van der Waals surface area contributed by atoms with Gasteiger partial charge in [-0.05, 0) is 31.2 Å². The van der Waals surface area contributed by atoms with Gasteiger partial charge in [-0.1, -0.05) is 18.2 Å². The number of piperazine rings is 1. The number of nitrogens with one attached hydrogen (secondary N) is 1. The summed E-state index contributed by atoms with van der Waals surface area (Å²) in [4.78, 5) is 24.0. The van der Waals surface area contributed by atoms with Crippen LogP contribution in [-0.4, -0.2) is 46.5 Å². The van der Waals surface area contributed by atoms with Gasteiger partial charge in [0.2, 0.25) is 0 Å². The summed E-state index contributed by atoms with van der Waals surface area (Å²) in [5.41, 5.74) is 3.23. The zero-order valence-corrected chi connectivity index (χ0v) is 16.6. The van der Waals surface area contributed by atoms with Crippen molar-refractivity contribution in [2.24, 2.45) is 0 Å². The number of para-hydroxylation sites is 1. The number of halogens is 2. The van der Waals surface area contributed by atoms with Gasteiger partial charge in [0.1, 0.15) is 0 Å². The minimum Gasteiger partial charge on any atom is -0.336 e. The van der Waals surface area contributed by atoms with E-state index in [1.165, 1.54) is 0 Å². The van der Waals surface area contributed by atoms with E-state index in [9.17, 15) is 4.79 Å². The molecule has 27 heavy (non-hydrogen) atoms. The Bertz CT molecular complexity index is 920. The molecule has 0 saturated carbocycles. The highest BCUT2D eigenvalue weighted by Gasteiger charge is 2.24. The van der Waals surface area contributed by atoms with E-state index in [1.807, 2.05) is 47.4 Å². The number of carbonyl (C=O) groups is 1. The van der Waals surface area contributed by atoms with E-state index in [4.69, 9.17) is 4.98 Å². The minimum atomic E-state index is 0. The number of rotatable bonds is 2. The van der Waals surface area contributed by atoms with Crippen molar-refractivity contribution < 1.29 is 4.79 Å². The largest absolute Gasteiger partial charge is 0.336 e. The Kier molecular flexibility index (Phi) is 7.13. The third-order valence-corrected chi connectivity index (χ3v) is 4.56. The monoisotopic (exact) mass is 404 g/mol. The minimum absolute atomic E-state index is 0. The van der Waals surface area contributed by atoms with Crippen LogP contribution < -0.4 is 5.32 Å². The first-order valence-electron chi connectivity index (χ1n) is 8.55. The molecule has 0 bridgehead atoms. The number of fused-ring (bicyclic) bond motifs is 1. The van der Waals surface area contributed by atoms with Crippen LogP contribution in [0.1, 0.15) is 17.3 Å². The van der Waals surface area contributed by atoms with Gasteiger partial charge in [-0.15, -0.1) is 24.8 Å². The molecule has 1 saturated heterocycles. The first kappa shape index (κ1) is 21.1. The predicted molar refractivity (Wildman–Crippen MR) is 113 cm³/mol. The van der Waals surface area contributed by atoms with Crippen LogP contribution in [0.2, 0.25) is 0 Å². The van der Waals surface area contributed by atoms with E-state index in [0.717, 1.165) is 41.8 Å². The van der Waals surface area contributed by atoms with Gasteiger partial charge in [0.15, 0.2) is 0 Å². The number of nitrogens with zero attached hydrogens (tertiary/aromatic N) is 3. The number of hydrogen-bond acceptors (Lipinski definition) is 4. The number of carbonyl (C=O) groups excluding carboxylic acids is 1. The summed E-state index contributed by atoms with van der Waals surface area (Å²) >= 11 is 0. The number of benzene rings is 1. The van der Waals surface area contributed by atoms with Gasteiger partial charge in [-0.3, -0.25) is 9.78 Å². The Labute approximate surface area is 171 Å². The predicted octanol–water partition coefficient (Wildman–Crippen LogP) is 3.57. The Morgan fingerprint density at radius 1 is 1.19 bits per heavy atom. The maximum atomic E-state index is 13.2. The van der Waals surface area contributed by atoms with E-state index >= 15 is 0 Å². The van der Waals surface area contributed by atoms with Crippen molar-refractivity contribution >= 4 is 41.6 Å². The van der Waals surface area contributed by atoms with Gasteiger partial charge in [-0.2, -0.15) is 0 Å². The number of hydrogen-bond donors (Lipinski definition) is 1. The van der Waals surface area contributed by atoms with Crippen LogP contribution in [0.15, 0.2) is 54.9 Å². The SMILES string of the molecule is CC1CN(C(=O)c2cc(-c3cccnc3)nc3ccccc23)CCN1.Cl.Cl. The second kappa shape index (κ2) is 9.13. The van der Waals surface area contributed by atoms with E-state index in [1.54, 1.807) is 12.4 Å². The van der Waals surface area contributed by atoms with Gasteiger partial charge >= 0.3 is 0 Å². The average molecular weight is 405 g/mol. The normalized spacial score (nSPS) is 16.3. The summed E-state index contributed by atoms with van der Waals surface area (Å²) in [7, 11) is 0. The molecule has 1 amide bonds. The molecule has 142 valence electrons. The molecule has 2 aromatic heterocycles. The van der Waals surface area contributed by atoms with E-state index < -0.39 is 0 Å². The smallest absolute Gasteiger partial charge is 0.254 e. The Hall–Kier alpha value is -2.21. The van der Waals surface area contributed by atoms with E-state index in [-0.39, 0.29) is 30.7 Å². The van der Waals surface area contributed by atoms with Crippen LogP contribution in [-0.2, 0) is 0 Å². The second-order valence-electron chi connectivity index (χ2n) is 6.42. The molecule has 4 rings (SSSR count). The second-order valence-corrected chi connectivity index (χ2v) is 6.42. The lowest BCUT2D eigenvalue weighted by Gasteiger charge is -2.32. The van der Waals surface area contributed by atoms with Crippen LogP contribution in [0.5, 0.6) is 0 Å². The quantitative estimate of drug-likeness (QED) is 0.708. The van der Waals surface area contributed by atoms with Crippen molar-refractivity contribution in [2.45, 2.75) is 13.0 Å². The van der Waals surface area contributed by atoms with Gasteiger partial charge in [0.25, 0.3) is 5.91 Å². The van der Waals surface area contributed by atoms with Gasteiger partial charge < -0.3 is 10.2 Å². The molecule has 7 heteroatoms. The maximum absolute atomic E-state index is 13.2. The van der Waals surface area contributed by atoms with Crippen LogP contribution in [0.4, 0.5) is 0 Å². The van der Waals surface area contributed by atoms with Crippen LogP contribution >= 0.6 is 24.8 Å². The molecule has 0 spiro atoms. The van der Waals surface area contributed by atoms with Gasteiger partial charge in [0.05, 0.1) is 16.8 Å². The van der Waals surface area contributed by atoms with Crippen molar-refractivity contribution in [2.75, 3.05) is 19.6 Å². The van der Waals surface area contributed by atoms with E-state index in [0.29, 0.717) is 11.6 Å². The summed E-state index contributed by atoms with van der Waals surface area (Å²) in [6, 6.07) is 13.9. The molecule has 1 unspecified atom stereocenters.